The van der Waals surface area contributed by atoms with Crippen LogP contribution >= 0.6 is 0 Å². The Morgan fingerprint density at radius 2 is 1.78 bits per heavy atom. The fraction of sp³-hybridized carbons (Fsp3) is 0.238. The molecule has 2 aromatic carbocycles. The monoisotopic (exact) mass is 363 g/mol. The number of halogens is 1. The maximum Gasteiger partial charge on any atom is 0.227 e. The first-order valence-corrected chi connectivity index (χ1v) is 9.12. The molecule has 4 N–H and O–H groups in total. The van der Waals surface area contributed by atoms with Gasteiger partial charge in [0.15, 0.2) is 0 Å². The maximum absolute atomic E-state index is 13.3. The normalized spacial score (nSPS) is 14.7. The van der Waals surface area contributed by atoms with Gasteiger partial charge in [-0.2, -0.15) is 0 Å². The van der Waals surface area contributed by atoms with E-state index in [4.69, 9.17) is 5.73 Å². The van der Waals surface area contributed by atoms with Crippen molar-refractivity contribution in [2.45, 2.75) is 31.5 Å². The van der Waals surface area contributed by atoms with E-state index in [1.54, 1.807) is 18.3 Å². The molecule has 4 rings (SSSR count). The molecule has 1 fully saturated rings. The molecule has 3 aromatic rings. The predicted octanol–water partition coefficient (Wildman–Crippen LogP) is 3.66. The van der Waals surface area contributed by atoms with Crippen LogP contribution in [0.1, 0.15) is 35.7 Å². The average molecular weight is 363 g/mol. The van der Waals surface area contributed by atoms with Crippen LogP contribution in [0.4, 0.5) is 16.0 Å². The number of hydrogen-bond donors (Lipinski definition) is 3. The first kappa shape index (κ1) is 17.6. The number of rotatable bonds is 7. The largest absolute Gasteiger partial charge is 0.326 e. The highest BCUT2D eigenvalue weighted by Gasteiger charge is 2.27. The van der Waals surface area contributed by atoms with E-state index >= 15 is 0 Å². The van der Waals surface area contributed by atoms with Crippen molar-refractivity contribution in [1.82, 2.24) is 15.3 Å². The van der Waals surface area contributed by atoms with Crippen molar-refractivity contribution in [3.63, 3.8) is 0 Å². The molecule has 1 atom stereocenters. The summed E-state index contributed by atoms with van der Waals surface area (Å²) in [6.45, 7) is 0.512. The predicted molar refractivity (Wildman–Crippen MR) is 104 cm³/mol. The van der Waals surface area contributed by atoms with Gasteiger partial charge in [0.05, 0.1) is 11.7 Å². The van der Waals surface area contributed by atoms with Gasteiger partial charge in [0.1, 0.15) is 5.82 Å². The van der Waals surface area contributed by atoms with Crippen LogP contribution in [0.15, 0.2) is 60.8 Å². The number of nitrogens with zero attached hydrogens (tertiary/aromatic N) is 2. The molecule has 6 heteroatoms. The summed E-state index contributed by atoms with van der Waals surface area (Å²) in [5, 5.41) is 6.82. The standard InChI is InChI=1S/C21H22FN5/c22-16-5-3-15(4-6-16)20(25-17-9-10-17)19-11-12-24-21(27-19)26-18-7-1-14(13-23)2-8-18/h1-8,11-12,17,20,25H,9-10,13,23H2,(H,24,26,27). The van der Waals surface area contributed by atoms with Gasteiger partial charge >= 0.3 is 0 Å². The van der Waals surface area contributed by atoms with E-state index in [9.17, 15) is 4.39 Å². The third-order valence-corrected chi connectivity index (χ3v) is 4.60. The van der Waals surface area contributed by atoms with Crippen LogP contribution in [0, 0.1) is 5.82 Å². The van der Waals surface area contributed by atoms with E-state index < -0.39 is 0 Å². The first-order chi connectivity index (χ1) is 13.2. The molecule has 1 aromatic heterocycles. The number of anilines is 2. The molecule has 1 unspecified atom stereocenters. The average Bonchev–Trinajstić information content (AvgIpc) is 3.52. The molecule has 138 valence electrons. The molecular formula is C21H22FN5. The summed E-state index contributed by atoms with van der Waals surface area (Å²) in [6.07, 6.45) is 4.05. The lowest BCUT2D eigenvalue weighted by atomic mass is 10.0. The van der Waals surface area contributed by atoms with E-state index in [2.05, 4.69) is 20.6 Å². The number of aromatic nitrogens is 2. The van der Waals surface area contributed by atoms with Crippen molar-refractivity contribution in [1.29, 1.82) is 0 Å². The topological polar surface area (TPSA) is 75.9 Å². The van der Waals surface area contributed by atoms with Crippen molar-refractivity contribution < 1.29 is 4.39 Å². The minimum Gasteiger partial charge on any atom is -0.326 e. The molecule has 1 saturated carbocycles. The Labute approximate surface area is 157 Å². The van der Waals surface area contributed by atoms with Gasteiger partial charge in [0.25, 0.3) is 0 Å². The molecule has 1 heterocycles. The van der Waals surface area contributed by atoms with Gasteiger partial charge in [-0.15, -0.1) is 0 Å². The second kappa shape index (κ2) is 7.82. The second-order valence-corrected chi connectivity index (χ2v) is 6.76. The summed E-state index contributed by atoms with van der Waals surface area (Å²) in [4.78, 5) is 9.01. The Morgan fingerprint density at radius 3 is 2.44 bits per heavy atom. The zero-order chi connectivity index (χ0) is 18.6. The van der Waals surface area contributed by atoms with Gasteiger partial charge in [-0.25, -0.2) is 14.4 Å². The van der Waals surface area contributed by atoms with E-state index in [0.29, 0.717) is 18.5 Å². The molecule has 1 aliphatic rings. The summed E-state index contributed by atoms with van der Waals surface area (Å²) in [5.74, 6) is 0.285. The summed E-state index contributed by atoms with van der Waals surface area (Å²) in [6, 6.07) is 16.7. The summed E-state index contributed by atoms with van der Waals surface area (Å²) in [5.41, 5.74) is 9.45. The first-order valence-electron chi connectivity index (χ1n) is 9.12. The number of nitrogens with one attached hydrogen (secondary N) is 2. The molecule has 0 aliphatic heterocycles. The van der Waals surface area contributed by atoms with Crippen LogP contribution in [0.3, 0.4) is 0 Å². The minimum atomic E-state index is -0.241. The molecule has 27 heavy (non-hydrogen) atoms. The van der Waals surface area contributed by atoms with Gasteiger partial charge in [-0.05, 0) is 54.3 Å². The van der Waals surface area contributed by atoms with Crippen molar-refractivity contribution in [3.8, 4) is 0 Å². The fourth-order valence-corrected chi connectivity index (χ4v) is 2.94. The smallest absolute Gasteiger partial charge is 0.227 e. The van der Waals surface area contributed by atoms with Crippen LogP contribution in [-0.2, 0) is 6.54 Å². The van der Waals surface area contributed by atoms with Crippen molar-refractivity contribution >= 4 is 11.6 Å². The van der Waals surface area contributed by atoms with Gasteiger partial charge < -0.3 is 16.4 Å². The maximum atomic E-state index is 13.3. The van der Waals surface area contributed by atoms with Crippen molar-refractivity contribution in [2.75, 3.05) is 5.32 Å². The zero-order valence-corrected chi connectivity index (χ0v) is 14.9. The fourth-order valence-electron chi connectivity index (χ4n) is 2.94. The number of hydrogen-bond acceptors (Lipinski definition) is 5. The van der Waals surface area contributed by atoms with Crippen LogP contribution in [0.5, 0.6) is 0 Å². The lowest BCUT2D eigenvalue weighted by Crippen LogP contribution is -2.25. The Bertz CT molecular complexity index is 891. The second-order valence-electron chi connectivity index (χ2n) is 6.76. The van der Waals surface area contributed by atoms with Gasteiger partial charge in [-0.3, -0.25) is 0 Å². The third-order valence-electron chi connectivity index (χ3n) is 4.60. The highest BCUT2D eigenvalue weighted by Crippen LogP contribution is 2.28. The van der Waals surface area contributed by atoms with Crippen molar-refractivity contribution in [3.05, 3.63) is 83.4 Å². The van der Waals surface area contributed by atoms with Crippen LogP contribution in [0.25, 0.3) is 0 Å². The molecule has 0 radical (unpaired) electrons. The van der Waals surface area contributed by atoms with Crippen LogP contribution in [0.2, 0.25) is 0 Å². The van der Waals surface area contributed by atoms with E-state index in [1.165, 1.54) is 12.1 Å². The molecule has 0 spiro atoms. The van der Waals surface area contributed by atoms with Gasteiger partial charge in [0, 0.05) is 24.5 Å². The SMILES string of the molecule is NCc1ccc(Nc2nccc(C(NC3CC3)c3ccc(F)cc3)n2)cc1. The quantitative estimate of drug-likeness (QED) is 0.597. The van der Waals surface area contributed by atoms with E-state index in [-0.39, 0.29) is 11.9 Å². The minimum absolute atomic E-state index is 0.0960. The molecule has 1 aliphatic carbocycles. The number of nitrogens with two attached hydrogens (primary N) is 1. The molecule has 0 saturated heterocycles. The van der Waals surface area contributed by atoms with Crippen molar-refractivity contribution in [2.24, 2.45) is 5.73 Å². The van der Waals surface area contributed by atoms with Gasteiger partial charge in [-0.1, -0.05) is 24.3 Å². The Kier molecular flexibility index (Phi) is 5.09. The molecule has 0 bridgehead atoms. The summed E-state index contributed by atoms with van der Waals surface area (Å²) in [7, 11) is 0. The van der Waals surface area contributed by atoms with Crippen LogP contribution < -0.4 is 16.4 Å². The lowest BCUT2D eigenvalue weighted by molar-refractivity contribution is 0.583. The molecule has 0 amide bonds. The van der Waals surface area contributed by atoms with Crippen LogP contribution in [-0.4, -0.2) is 16.0 Å². The third kappa shape index (κ3) is 4.48. The lowest BCUT2D eigenvalue weighted by Gasteiger charge is -2.19. The van der Waals surface area contributed by atoms with E-state index in [0.717, 1.165) is 35.3 Å². The molecule has 5 nitrogen and oxygen atoms in total. The highest BCUT2D eigenvalue weighted by molar-refractivity contribution is 5.53. The zero-order valence-electron chi connectivity index (χ0n) is 14.9. The van der Waals surface area contributed by atoms with E-state index in [1.807, 2.05) is 30.3 Å². The Balaban J connectivity index is 1.58. The summed E-state index contributed by atoms with van der Waals surface area (Å²) >= 11 is 0. The van der Waals surface area contributed by atoms with Gasteiger partial charge in [0.2, 0.25) is 5.95 Å². The molecular weight excluding hydrogens is 341 g/mol. The summed E-state index contributed by atoms with van der Waals surface area (Å²) < 4.78 is 13.3. The highest BCUT2D eigenvalue weighted by atomic mass is 19.1. The Morgan fingerprint density at radius 1 is 1.04 bits per heavy atom. The number of benzene rings is 2. The Hall–Kier alpha value is -2.83.